The summed E-state index contributed by atoms with van der Waals surface area (Å²) in [6, 6.07) is 14.6. The van der Waals surface area contributed by atoms with Gasteiger partial charge in [0.1, 0.15) is 11.6 Å². The van der Waals surface area contributed by atoms with Crippen LogP contribution in [0.3, 0.4) is 0 Å². The maximum absolute atomic E-state index is 4.84. The van der Waals surface area contributed by atoms with Gasteiger partial charge in [0, 0.05) is 38.1 Å². The van der Waals surface area contributed by atoms with Crippen molar-refractivity contribution in [3.05, 3.63) is 82.2 Å². The highest BCUT2D eigenvalue weighted by atomic mass is 79.9. The standard InChI is InChI=1S/C20H17BrN6/c21-17-11-24-27-18(23-10-14-4-3-7-22-9-14)8-19(25-20(17)27)26-12-15-5-1-2-6-16(15)13-26/h1-9,11,23H,10,12-13H2. The van der Waals surface area contributed by atoms with Gasteiger partial charge in [-0.2, -0.15) is 9.61 Å². The first kappa shape index (κ1) is 16.3. The third-order valence-corrected chi connectivity index (χ3v) is 5.34. The molecule has 7 heteroatoms. The van der Waals surface area contributed by atoms with Crippen LogP contribution >= 0.6 is 15.9 Å². The highest BCUT2D eigenvalue weighted by molar-refractivity contribution is 9.10. The lowest BCUT2D eigenvalue weighted by Crippen LogP contribution is -2.17. The summed E-state index contributed by atoms with van der Waals surface area (Å²) < 4.78 is 2.71. The molecule has 0 unspecified atom stereocenters. The molecule has 0 aliphatic carbocycles. The number of fused-ring (bicyclic) bond motifs is 2. The van der Waals surface area contributed by atoms with Crippen LogP contribution in [0, 0.1) is 0 Å². The molecular formula is C20H17BrN6. The minimum Gasteiger partial charge on any atom is -0.366 e. The van der Waals surface area contributed by atoms with E-state index in [-0.39, 0.29) is 0 Å². The van der Waals surface area contributed by atoms with E-state index in [4.69, 9.17) is 4.98 Å². The molecule has 3 aromatic heterocycles. The van der Waals surface area contributed by atoms with E-state index >= 15 is 0 Å². The summed E-state index contributed by atoms with van der Waals surface area (Å²) in [5.74, 6) is 1.84. The molecule has 0 saturated heterocycles. The second-order valence-corrected chi connectivity index (χ2v) is 7.42. The molecule has 0 bridgehead atoms. The van der Waals surface area contributed by atoms with Crippen LogP contribution in [-0.2, 0) is 19.6 Å². The van der Waals surface area contributed by atoms with Gasteiger partial charge >= 0.3 is 0 Å². The molecule has 0 amide bonds. The van der Waals surface area contributed by atoms with Gasteiger partial charge < -0.3 is 10.2 Å². The SMILES string of the molecule is Brc1cnn2c(NCc3cccnc3)cc(N3Cc4ccccc4C3)nc12. The molecule has 4 heterocycles. The second kappa shape index (κ2) is 6.66. The number of pyridine rings is 1. The fourth-order valence-corrected chi connectivity index (χ4v) is 3.75. The Morgan fingerprint density at radius 2 is 1.85 bits per heavy atom. The summed E-state index contributed by atoms with van der Waals surface area (Å²) in [5, 5.41) is 7.92. The van der Waals surface area contributed by atoms with Crippen LogP contribution in [0.5, 0.6) is 0 Å². The van der Waals surface area contributed by atoms with Crippen molar-refractivity contribution in [2.75, 3.05) is 10.2 Å². The van der Waals surface area contributed by atoms with E-state index in [0.717, 1.165) is 40.4 Å². The monoisotopic (exact) mass is 420 g/mol. The van der Waals surface area contributed by atoms with Gasteiger partial charge in [0.25, 0.3) is 0 Å². The maximum Gasteiger partial charge on any atom is 0.173 e. The van der Waals surface area contributed by atoms with Crippen molar-refractivity contribution in [1.82, 2.24) is 19.6 Å². The molecule has 1 N–H and O–H groups in total. The first-order chi connectivity index (χ1) is 13.3. The van der Waals surface area contributed by atoms with Gasteiger partial charge in [-0.15, -0.1) is 0 Å². The summed E-state index contributed by atoms with van der Waals surface area (Å²) in [5.41, 5.74) is 4.63. The van der Waals surface area contributed by atoms with E-state index in [1.54, 1.807) is 12.4 Å². The van der Waals surface area contributed by atoms with Crippen LogP contribution in [0.15, 0.2) is 65.5 Å². The summed E-state index contributed by atoms with van der Waals surface area (Å²) in [7, 11) is 0. The number of hydrogen-bond acceptors (Lipinski definition) is 5. The van der Waals surface area contributed by atoms with Crippen molar-refractivity contribution in [1.29, 1.82) is 0 Å². The minimum atomic E-state index is 0.671. The topological polar surface area (TPSA) is 58.4 Å². The fraction of sp³-hybridized carbons (Fsp3) is 0.150. The molecule has 1 aliphatic heterocycles. The van der Waals surface area contributed by atoms with Gasteiger partial charge in [-0.05, 0) is 38.7 Å². The Balaban J connectivity index is 1.49. The third-order valence-electron chi connectivity index (χ3n) is 4.78. The van der Waals surface area contributed by atoms with Gasteiger partial charge in [0.2, 0.25) is 0 Å². The number of nitrogens with zero attached hydrogens (tertiary/aromatic N) is 5. The molecule has 1 aromatic carbocycles. The Bertz CT molecular complexity index is 1080. The smallest absolute Gasteiger partial charge is 0.173 e. The Labute approximate surface area is 165 Å². The zero-order chi connectivity index (χ0) is 18.2. The molecule has 0 spiro atoms. The largest absolute Gasteiger partial charge is 0.366 e. The highest BCUT2D eigenvalue weighted by Crippen LogP contribution is 2.30. The van der Waals surface area contributed by atoms with Crippen molar-refractivity contribution in [3.8, 4) is 0 Å². The lowest BCUT2D eigenvalue weighted by atomic mass is 10.1. The van der Waals surface area contributed by atoms with Crippen molar-refractivity contribution in [2.24, 2.45) is 0 Å². The Kier molecular flexibility index (Phi) is 4.01. The molecule has 1 aliphatic rings. The molecule has 5 rings (SSSR count). The van der Waals surface area contributed by atoms with Crippen molar-refractivity contribution in [3.63, 3.8) is 0 Å². The molecule has 27 heavy (non-hydrogen) atoms. The number of hydrogen-bond donors (Lipinski definition) is 1. The lowest BCUT2D eigenvalue weighted by Gasteiger charge is -2.18. The zero-order valence-electron chi connectivity index (χ0n) is 14.5. The van der Waals surface area contributed by atoms with Gasteiger partial charge in [-0.1, -0.05) is 30.3 Å². The predicted molar refractivity (Wildman–Crippen MR) is 109 cm³/mol. The van der Waals surface area contributed by atoms with Gasteiger partial charge in [-0.3, -0.25) is 4.98 Å². The first-order valence-corrected chi connectivity index (χ1v) is 9.56. The Hall–Kier alpha value is -2.93. The van der Waals surface area contributed by atoms with E-state index in [9.17, 15) is 0 Å². The number of anilines is 2. The van der Waals surface area contributed by atoms with E-state index in [1.165, 1.54) is 11.1 Å². The summed E-state index contributed by atoms with van der Waals surface area (Å²) in [4.78, 5) is 11.3. The van der Waals surface area contributed by atoms with Gasteiger partial charge in [0.05, 0.1) is 10.7 Å². The minimum absolute atomic E-state index is 0.671. The van der Waals surface area contributed by atoms with Crippen molar-refractivity contribution in [2.45, 2.75) is 19.6 Å². The van der Waals surface area contributed by atoms with Crippen LogP contribution in [0.25, 0.3) is 5.65 Å². The van der Waals surface area contributed by atoms with Gasteiger partial charge in [-0.25, -0.2) is 4.98 Å². The van der Waals surface area contributed by atoms with Crippen LogP contribution < -0.4 is 10.2 Å². The molecule has 0 fully saturated rings. The maximum atomic E-state index is 4.84. The second-order valence-electron chi connectivity index (χ2n) is 6.57. The van der Waals surface area contributed by atoms with Gasteiger partial charge in [0.15, 0.2) is 5.65 Å². The Morgan fingerprint density at radius 3 is 2.59 bits per heavy atom. The lowest BCUT2D eigenvalue weighted by molar-refractivity contribution is 0.843. The van der Waals surface area contributed by atoms with E-state index in [0.29, 0.717) is 6.54 Å². The summed E-state index contributed by atoms with van der Waals surface area (Å²) >= 11 is 3.57. The number of nitrogens with one attached hydrogen (secondary N) is 1. The predicted octanol–water partition coefficient (Wildman–Crippen LogP) is 4.02. The first-order valence-electron chi connectivity index (χ1n) is 8.77. The fourth-order valence-electron chi connectivity index (χ4n) is 3.40. The van der Waals surface area contributed by atoms with Crippen molar-refractivity contribution >= 4 is 33.2 Å². The molecule has 0 atom stereocenters. The summed E-state index contributed by atoms with van der Waals surface area (Å²) in [6.07, 6.45) is 5.42. The number of rotatable bonds is 4. The normalized spacial score (nSPS) is 13.1. The number of halogens is 1. The van der Waals surface area contributed by atoms with E-state index < -0.39 is 0 Å². The van der Waals surface area contributed by atoms with Crippen LogP contribution in [0.1, 0.15) is 16.7 Å². The number of benzene rings is 1. The van der Waals surface area contributed by atoms with Crippen LogP contribution in [-0.4, -0.2) is 19.6 Å². The average molecular weight is 421 g/mol. The molecule has 134 valence electrons. The van der Waals surface area contributed by atoms with Crippen LogP contribution in [0.2, 0.25) is 0 Å². The Morgan fingerprint density at radius 1 is 1.04 bits per heavy atom. The molecule has 6 nitrogen and oxygen atoms in total. The highest BCUT2D eigenvalue weighted by Gasteiger charge is 2.21. The van der Waals surface area contributed by atoms with E-state index in [2.05, 4.69) is 72.6 Å². The van der Waals surface area contributed by atoms with E-state index in [1.807, 2.05) is 16.8 Å². The quantitative estimate of drug-likeness (QED) is 0.540. The molecule has 4 aromatic rings. The number of aromatic nitrogens is 4. The van der Waals surface area contributed by atoms with Crippen molar-refractivity contribution < 1.29 is 0 Å². The zero-order valence-corrected chi connectivity index (χ0v) is 16.1. The molecule has 0 radical (unpaired) electrons. The third kappa shape index (κ3) is 3.04. The average Bonchev–Trinajstić information content (AvgIpc) is 3.31. The molecular weight excluding hydrogens is 404 g/mol. The summed E-state index contributed by atoms with van der Waals surface area (Å²) in [6.45, 7) is 2.41. The molecule has 0 saturated carbocycles. The van der Waals surface area contributed by atoms with Crippen LogP contribution in [0.4, 0.5) is 11.6 Å².